The van der Waals surface area contributed by atoms with Gasteiger partial charge in [-0.3, -0.25) is 14.5 Å². The number of nitrogens with zero attached hydrogens (tertiary/aromatic N) is 5. The van der Waals surface area contributed by atoms with E-state index in [1.807, 2.05) is 0 Å². The molecule has 0 bridgehead atoms. The smallest absolute Gasteiger partial charge is 0.320 e. The molecular formula is C17H20ClFN6O3. The summed E-state index contributed by atoms with van der Waals surface area (Å²) in [5, 5.41) is 23.4. The molecule has 2 heterocycles. The van der Waals surface area contributed by atoms with E-state index in [4.69, 9.17) is 0 Å². The van der Waals surface area contributed by atoms with Crippen LogP contribution in [0.2, 0.25) is 0 Å². The molecule has 2 N–H and O–H groups in total. The summed E-state index contributed by atoms with van der Waals surface area (Å²) in [6.07, 6.45) is 3.27. The highest BCUT2D eigenvalue weighted by molar-refractivity contribution is 5.93. The molecule has 1 amide bonds. The van der Waals surface area contributed by atoms with E-state index in [2.05, 4.69) is 20.8 Å². The topological polar surface area (TPSA) is 113 Å². The van der Waals surface area contributed by atoms with Crippen LogP contribution in [0.15, 0.2) is 18.2 Å². The number of carbonyl (C=O) groups excluding carboxylic acids is 1. The number of halogens is 2. The third kappa shape index (κ3) is 4.12. The fraction of sp³-hybridized carbons (Fsp3) is 0.471. The molecule has 1 unspecified atom stereocenters. The predicted octanol–water partition coefficient (Wildman–Crippen LogP) is 1.59. The monoisotopic (exact) mass is 410 g/mol. The van der Waals surface area contributed by atoms with Gasteiger partial charge < -0.3 is 10.4 Å². The molecule has 9 nitrogen and oxygen atoms in total. The van der Waals surface area contributed by atoms with Crippen molar-refractivity contribution in [2.45, 2.75) is 37.6 Å². The van der Waals surface area contributed by atoms with Crippen LogP contribution in [0.25, 0.3) is 5.69 Å². The van der Waals surface area contributed by atoms with Crippen molar-refractivity contribution in [2.75, 3.05) is 18.4 Å². The number of hydrogen-bond acceptors (Lipinski definition) is 6. The van der Waals surface area contributed by atoms with Crippen molar-refractivity contribution in [3.63, 3.8) is 0 Å². The molecule has 1 saturated carbocycles. The number of anilines is 1. The molecule has 28 heavy (non-hydrogen) atoms. The van der Waals surface area contributed by atoms with Gasteiger partial charge in [0.15, 0.2) is 5.82 Å². The minimum atomic E-state index is -0.945. The zero-order valence-corrected chi connectivity index (χ0v) is 15.7. The number of hydrogen-bond donors (Lipinski definition) is 2. The molecule has 1 aromatic heterocycles. The minimum absolute atomic E-state index is 0. The van der Waals surface area contributed by atoms with E-state index < -0.39 is 23.7 Å². The summed E-state index contributed by atoms with van der Waals surface area (Å²) in [6, 6.07) is 3.61. The maximum absolute atomic E-state index is 14.2. The first-order valence-corrected chi connectivity index (χ1v) is 8.88. The Hall–Kier alpha value is -2.59. The molecule has 2 aliphatic rings. The normalized spacial score (nSPS) is 19.2. The van der Waals surface area contributed by atoms with E-state index in [1.54, 1.807) is 15.6 Å². The summed E-state index contributed by atoms with van der Waals surface area (Å²) in [5.41, 5.74) is 0.573. The van der Waals surface area contributed by atoms with Gasteiger partial charge in [0.25, 0.3) is 0 Å². The summed E-state index contributed by atoms with van der Waals surface area (Å²) in [4.78, 5) is 25.1. The van der Waals surface area contributed by atoms with Crippen molar-refractivity contribution in [1.29, 1.82) is 0 Å². The van der Waals surface area contributed by atoms with Gasteiger partial charge in [0.1, 0.15) is 11.9 Å². The van der Waals surface area contributed by atoms with Crippen LogP contribution in [0.3, 0.4) is 0 Å². The third-order valence-corrected chi connectivity index (χ3v) is 4.90. The van der Waals surface area contributed by atoms with Gasteiger partial charge in [0.05, 0.1) is 17.9 Å². The number of rotatable bonds is 6. The van der Waals surface area contributed by atoms with Gasteiger partial charge in [0.2, 0.25) is 5.91 Å². The molecule has 1 aliphatic heterocycles. The lowest BCUT2D eigenvalue weighted by atomic mass is 10.2. The summed E-state index contributed by atoms with van der Waals surface area (Å²) < 4.78 is 15.7. The average molecular weight is 411 g/mol. The molecule has 0 spiro atoms. The van der Waals surface area contributed by atoms with Gasteiger partial charge in [-0.25, -0.2) is 4.39 Å². The van der Waals surface area contributed by atoms with Crippen LogP contribution in [0.5, 0.6) is 0 Å². The predicted molar refractivity (Wildman–Crippen MR) is 99.2 cm³/mol. The molecule has 2 aromatic rings. The van der Waals surface area contributed by atoms with Crippen LogP contribution in [-0.4, -0.2) is 61.2 Å². The van der Waals surface area contributed by atoms with Crippen LogP contribution in [0.4, 0.5) is 10.1 Å². The van der Waals surface area contributed by atoms with Gasteiger partial charge in [-0.05, 0) is 60.9 Å². The van der Waals surface area contributed by atoms with Crippen LogP contribution < -0.4 is 5.32 Å². The lowest BCUT2D eigenvalue weighted by Gasteiger charge is -2.20. The Morgan fingerprint density at radius 1 is 1.29 bits per heavy atom. The van der Waals surface area contributed by atoms with Gasteiger partial charge in [0, 0.05) is 5.92 Å². The number of tetrazole rings is 1. The Bertz CT molecular complexity index is 888. The van der Waals surface area contributed by atoms with E-state index in [0.29, 0.717) is 24.6 Å². The van der Waals surface area contributed by atoms with E-state index in [1.165, 1.54) is 12.1 Å². The molecule has 1 aromatic carbocycles. The lowest BCUT2D eigenvalue weighted by Crippen LogP contribution is -2.41. The highest BCUT2D eigenvalue weighted by Crippen LogP contribution is 2.39. The third-order valence-electron chi connectivity index (χ3n) is 4.90. The van der Waals surface area contributed by atoms with Crippen LogP contribution in [-0.2, 0) is 9.59 Å². The molecule has 4 rings (SSSR count). The van der Waals surface area contributed by atoms with Crippen LogP contribution in [0.1, 0.15) is 37.4 Å². The number of carboxylic acids is 1. The van der Waals surface area contributed by atoms with Gasteiger partial charge >= 0.3 is 5.97 Å². The zero-order valence-electron chi connectivity index (χ0n) is 14.9. The Balaban J connectivity index is 0.00000225. The molecule has 1 saturated heterocycles. The summed E-state index contributed by atoms with van der Waals surface area (Å²) >= 11 is 0. The fourth-order valence-corrected chi connectivity index (χ4v) is 3.38. The SMILES string of the molecule is Cl.O=C(CN1CCCC1C(=O)O)Nc1cc(-n2nnnc2C2CC2)ccc1F. The Morgan fingerprint density at radius 3 is 2.79 bits per heavy atom. The number of amides is 1. The Labute approximate surface area is 166 Å². The number of aromatic nitrogens is 4. The molecule has 11 heteroatoms. The zero-order chi connectivity index (χ0) is 19.0. The average Bonchev–Trinajstić information content (AvgIpc) is 3.16. The van der Waals surface area contributed by atoms with Crippen molar-refractivity contribution >= 4 is 30.0 Å². The quantitative estimate of drug-likeness (QED) is 0.743. The minimum Gasteiger partial charge on any atom is -0.480 e. The van der Waals surface area contributed by atoms with Gasteiger partial charge in [-0.2, -0.15) is 4.68 Å². The van der Waals surface area contributed by atoms with E-state index in [-0.39, 0.29) is 24.6 Å². The highest BCUT2D eigenvalue weighted by Gasteiger charge is 2.32. The maximum atomic E-state index is 14.2. The molecule has 0 radical (unpaired) electrons. The second-order valence-electron chi connectivity index (χ2n) is 6.90. The van der Waals surface area contributed by atoms with Gasteiger partial charge in [-0.15, -0.1) is 17.5 Å². The molecule has 2 fully saturated rings. The van der Waals surface area contributed by atoms with Crippen LogP contribution in [0, 0.1) is 5.82 Å². The van der Waals surface area contributed by atoms with Crippen molar-refractivity contribution in [3.05, 3.63) is 29.8 Å². The lowest BCUT2D eigenvalue weighted by molar-refractivity contribution is -0.142. The summed E-state index contributed by atoms with van der Waals surface area (Å²) in [6.45, 7) is 0.432. The standard InChI is InChI=1S/C17H19FN6O3.ClH/c18-12-6-5-11(24-16(10-3-4-10)20-21-22-24)8-13(12)19-15(25)9-23-7-1-2-14(23)17(26)27;/h5-6,8,10,14H,1-4,7,9H2,(H,19,25)(H,26,27);1H. The van der Waals surface area contributed by atoms with Crippen molar-refractivity contribution in [3.8, 4) is 5.69 Å². The Morgan fingerprint density at radius 2 is 2.07 bits per heavy atom. The number of likely N-dealkylation sites (tertiary alicyclic amines) is 1. The largest absolute Gasteiger partial charge is 0.480 e. The second kappa shape index (κ2) is 8.19. The fourth-order valence-electron chi connectivity index (χ4n) is 3.38. The molecular weight excluding hydrogens is 391 g/mol. The maximum Gasteiger partial charge on any atom is 0.320 e. The molecule has 1 atom stereocenters. The van der Waals surface area contributed by atoms with E-state index in [0.717, 1.165) is 25.1 Å². The number of nitrogens with one attached hydrogen (secondary N) is 1. The molecule has 1 aliphatic carbocycles. The van der Waals surface area contributed by atoms with Crippen molar-refractivity contribution in [2.24, 2.45) is 0 Å². The van der Waals surface area contributed by atoms with Gasteiger partial charge in [-0.1, -0.05) is 0 Å². The van der Waals surface area contributed by atoms with E-state index in [9.17, 15) is 19.1 Å². The first-order valence-electron chi connectivity index (χ1n) is 8.88. The number of carboxylic acid groups (broad SMARTS) is 1. The van der Waals surface area contributed by atoms with Crippen LogP contribution >= 0.6 is 12.4 Å². The summed E-state index contributed by atoms with van der Waals surface area (Å²) in [5.74, 6) is -0.950. The highest BCUT2D eigenvalue weighted by atomic mass is 35.5. The first-order chi connectivity index (χ1) is 13.0. The van der Waals surface area contributed by atoms with Crippen molar-refractivity contribution < 1.29 is 19.1 Å². The number of benzene rings is 1. The first kappa shape index (κ1) is 20.2. The number of carbonyl (C=O) groups is 2. The Kier molecular flexibility index (Phi) is 5.90. The second-order valence-corrected chi connectivity index (χ2v) is 6.90. The number of aliphatic carboxylic acids is 1. The summed E-state index contributed by atoms with van der Waals surface area (Å²) in [7, 11) is 0. The van der Waals surface area contributed by atoms with E-state index >= 15 is 0 Å². The van der Waals surface area contributed by atoms with Crippen molar-refractivity contribution in [1.82, 2.24) is 25.1 Å². The molecule has 150 valence electrons.